The molecule has 9 aromatic rings. The summed E-state index contributed by atoms with van der Waals surface area (Å²) in [6.07, 6.45) is 10.4. The van der Waals surface area contributed by atoms with Crippen LogP contribution in [-0.4, -0.2) is 6.10 Å². The maximum atomic E-state index is 6.96. The molecule has 0 spiro atoms. The van der Waals surface area contributed by atoms with Crippen LogP contribution in [0.2, 0.25) is 0 Å². The summed E-state index contributed by atoms with van der Waals surface area (Å²) in [5.41, 5.74) is 16.2. The monoisotopic (exact) mass is 802 g/mol. The topological polar surface area (TPSA) is 9.23 Å². The van der Waals surface area contributed by atoms with Gasteiger partial charge in [0.05, 0.1) is 0 Å². The fourth-order valence-electron chi connectivity index (χ4n) is 10.9. The first kappa shape index (κ1) is 36.4. The van der Waals surface area contributed by atoms with E-state index in [-0.39, 0.29) is 17.4 Å². The van der Waals surface area contributed by atoms with E-state index in [1.54, 1.807) is 0 Å². The molecule has 1 aromatic heterocycles. The summed E-state index contributed by atoms with van der Waals surface area (Å²) in [5, 5.41) is 5.24. The quantitative estimate of drug-likeness (QED) is 0.149. The van der Waals surface area contributed by atoms with Crippen molar-refractivity contribution >= 4 is 42.3 Å². The lowest BCUT2D eigenvalue weighted by Gasteiger charge is -2.26. The Bertz CT molecular complexity index is 3230. The molecule has 3 atom stereocenters. The predicted octanol–water partition coefficient (Wildman–Crippen LogP) is 15.7. The van der Waals surface area contributed by atoms with Crippen molar-refractivity contribution in [1.82, 2.24) is 0 Å². The van der Waals surface area contributed by atoms with Gasteiger partial charge in [-0.25, -0.2) is 0 Å². The number of hydrogen-bond acceptors (Lipinski definition) is 2. The van der Waals surface area contributed by atoms with Crippen LogP contribution in [0.4, 0.5) is 0 Å². The lowest BCUT2D eigenvalue weighted by Crippen LogP contribution is -2.20. The molecule has 0 bridgehead atoms. The van der Waals surface area contributed by atoms with Gasteiger partial charge in [-0.2, -0.15) is 0 Å². The average molecular weight is 803 g/mol. The molecule has 2 heteroatoms. The van der Waals surface area contributed by atoms with E-state index in [2.05, 4.69) is 202 Å². The standard InChI is InChI=1S/C59H46OS/c1-59(2)51-20-10-8-16-44(51)45-31-26-38(34-52(45)59)33-41(29-25-37-23-27-40(28-24-37)39-13-4-3-5-14-39)42-30-32-53-50(35-42)57-46-17-7-6-15-43(46)49(36-54(57)60-53)47-19-12-22-56-58(47)48-18-9-11-21-55(48)61-56/h3-24,26-28,30-32,34-36,41,50,53H,25,29,33H2,1-2H3. The van der Waals surface area contributed by atoms with E-state index in [0.717, 1.165) is 25.0 Å². The normalized spacial score (nSPS) is 17.4. The fourth-order valence-corrected chi connectivity index (χ4v) is 12.0. The maximum Gasteiger partial charge on any atom is 0.128 e. The number of benzene rings is 8. The van der Waals surface area contributed by atoms with Gasteiger partial charge in [0.15, 0.2) is 0 Å². The highest BCUT2D eigenvalue weighted by molar-refractivity contribution is 7.25. The van der Waals surface area contributed by atoms with E-state index in [9.17, 15) is 0 Å². The summed E-state index contributed by atoms with van der Waals surface area (Å²) in [5.74, 6) is 1.50. The molecule has 2 aliphatic carbocycles. The SMILES string of the molecule is CC1(C)c2ccccc2-c2ccc(CC(CCc3ccc(-c4ccccc4)cc3)C3=CC4c5c(cc(-c6cccc7sc8ccccc8c67)c6ccccc56)OC4C=C3)cc21. The Kier molecular flexibility index (Phi) is 8.54. The molecule has 0 saturated carbocycles. The van der Waals surface area contributed by atoms with E-state index in [4.69, 9.17) is 4.74 Å². The molecule has 0 amide bonds. The van der Waals surface area contributed by atoms with Crippen molar-refractivity contribution in [2.24, 2.45) is 5.92 Å². The molecule has 0 fully saturated rings. The second-order valence-corrected chi connectivity index (χ2v) is 18.9. The summed E-state index contributed by atoms with van der Waals surface area (Å²) < 4.78 is 9.61. The van der Waals surface area contributed by atoms with Gasteiger partial charge in [0, 0.05) is 37.1 Å². The van der Waals surface area contributed by atoms with Crippen LogP contribution in [0.15, 0.2) is 194 Å². The number of hydrogen-bond donors (Lipinski definition) is 0. The first-order chi connectivity index (χ1) is 30.0. The zero-order valence-electron chi connectivity index (χ0n) is 34.6. The van der Waals surface area contributed by atoms with E-state index in [1.807, 2.05) is 11.3 Å². The number of rotatable bonds is 8. The third-order valence-corrected chi connectivity index (χ3v) is 15.1. The third kappa shape index (κ3) is 6.03. The summed E-state index contributed by atoms with van der Waals surface area (Å²) >= 11 is 1.88. The van der Waals surface area contributed by atoms with Crippen molar-refractivity contribution in [1.29, 1.82) is 0 Å². The highest BCUT2D eigenvalue weighted by atomic mass is 32.1. The Morgan fingerprint density at radius 3 is 2.13 bits per heavy atom. The van der Waals surface area contributed by atoms with Gasteiger partial charge in [0.2, 0.25) is 0 Å². The second-order valence-electron chi connectivity index (χ2n) is 17.8. The van der Waals surface area contributed by atoms with Crippen LogP contribution in [0.3, 0.4) is 0 Å². The van der Waals surface area contributed by atoms with Gasteiger partial charge in [-0.15, -0.1) is 11.3 Å². The Hall–Kier alpha value is -6.48. The minimum absolute atomic E-state index is 0.0258. The summed E-state index contributed by atoms with van der Waals surface area (Å²) in [7, 11) is 0. The average Bonchev–Trinajstić information content (AvgIpc) is 3.95. The van der Waals surface area contributed by atoms with Crippen molar-refractivity contribution < 1.29 is 4.74 Å². The minimum Gasteiger partial charge on any atom is -0.485 e. The van der Waals surface area contributed by atoms with E-state index >= 15 is 0 Å². The lowest BCUT2D eigenvalue weighted by molar-refractivity contribution is 0.267. The van der Waals surface area contributed by atoms with E-state index in [1.165, 1.54) is 97.7 Å². The zero-order valence-corrected chi connectivity index (χ0v) is 35.4. The molecular formula is C59H46OS. The Balaban J connectivity index is 0.924. The molecule has 0 radical (unpaired) electrons. The number of aryl methyl sites for hydroxylation is 1. The molecule has 8 aromatic carbocycles. The molecular weight excluding hydrogens is 757 g/mol. The lowest BCUT2D eigenvalue weighted by atomic mass is 9.78. The fraction of sp³-hybridized carbons (Fsp3) is 0.153. The van der Waals surface area contributed by atoms with Crippen LogP contribution < -0.4 is 4.74 Å². The summed E-state index contributed by atoms with van der Waals surface area (Å²) in [6, 6.07) is 63.2. The molecule has 0 saturated heterocycles. The zero-order chi connectivity index (χ0) is 40.7. The van der Waals surface area contributed by atoms with Crippen LogP contribution in [0.1, 0.15) is 54.0 Å². The van der Waals surface area contributed by atoms with Gasteiger partial charge in [-0.05, 0) is 121 Å². The Morgan fingerprint density at radius 2 is 1.26 bits per heavy atom. The first-order valence-electron chi connectivity index (χ1n) is 21.9. The number of allylic oxidation sites excluding steroid dienone is 2. The molecule has 1 aliphatic heterocycles. The Labute approximate surface area is 362 Å². The van der Waals surface area contributed by atoms with Gasteiger partial charge in [-0.1, -0.05) is 178 Å². The minimum atomic E-state index is -0.0272. The van der Waals surface area contributed by atoms with Crippen LogP contribution in [0, 0.1) is 5.92 Å². The van der Waals surface area contributed by atoms with Crippen LogP contribution in [0.25, 0.3) is 64.3 Å². The van der Waals surface area contributed by atoms with Crippen molar-refractivity contribution in [3.63, 3.8) is 0 Å². The van der Waals surface area contributed by atoms with Gasteiger partial charge < -0.3 is 4.74 Å². The number of fused-ring (bicyclic) bond motifs is 11. The third-order valence-electron chi connectivity index (χ3n) is 14.0. The van der Waals surface area contributed by atoms with Gasteiger partial charge >= 0.3 is 0 Å². The number of thiophene rings is 1. The summed E-state index contributed by atoms with van der Waals surface area (Å²) in [4.78, 5) is 0. The van der Waals surface area contributed by atoms with Crippen molar-refractivity contribution in [3.05, 3.63) is 221 Å². The smallest absolute Gasteiger partial charge is 0.128 e. The van der Waals surface area contributed by atoms with E-state index < -0.39 is 0 Å². The molecule has 0 N–H and O–H groups in total. The van der Waals surface area contributed by atoms with Crippen molar-refractivity contribution in [3.8, 4) is 39.1 Å². The van der Waals surface area contributed by atoms with Gasteiger partial charge in [0.25, 0.3) is 0 Å². The highest BCUT2D eigenvalue weighted by Crippen LogP contribution is 2.52. The predicted molar refractivity (Wildman–Crippen MR) is 258 cm³/mol. The maximum absolute atomic E-state index is 6.96. The van der Waals surface area contributed by atoms with Gasteiger partial charge in [-0.3, -0.25) is 0 Å². The molecule has 3 aliphatic rings. The molecule has 294 valence electrons. The highest BCUT2D eigenvalue weighted by Gasteiger charge is 2.38. The number of ether oxygens (including phenoxy) is 1. The molecule has 1 nitrogen and oxygen atoms in total. The molecule has 2 heterocycles. The van der Waals surface area contributed by atoms with E-state index in [0.29, 0.717) is 5.92 Å². The molecule has 61 heavy (non-hydrogen) atoms. The van der Waals surface area contributed by atoms with Crippen LogP contribution in [0.5, 0.6) is 5.75 Å². The van der Waals surface area contributed by atoms with Crippen molar-refractivity contribution in [2.45, 2.75) is 50.5 Å². The van der Waals surface area contributed by atoms with Crippen molar-refractivity contribution in [2.75, 3.05) is 0 Å². The van der Waals surface area contributed by atoms with Crippen LogP contribution in [-0.2, 0) is 18.3 Å². The largest absolute Gasteiger partial charge is 0.485 e. The summed E-state index contributed by atoms with van der Waals surface area (Å²) in [6.45, 7) is 4.78. The molecule has 12 rings (SSSR count). The van der Waals surface area contributed by atoms with Gasteiger partial charge in [0.1, 0.15) is 11.9 Å². The van der Waals surface area contributed by atoms with Crippen LogP contribution >= 0.6 is 11.3 Å². The first-order valence-corrected chi connectivity index (χ1v) is 22.7. The molecule has 3 unspecified atom stereocenters. The Morgan fingerprint density at radius 1 is 0.574 bits per heavy atom. The second kappa shape index (κ2) is 14.3.